The molecule has 1 aliphatic carbocycles. The minimum Gasteiger partial charge on any atom is -0.379 e. The molecule has 2 heterocycles. The minimum atomic E-state index is 0.216. The first kappa shape index (κ1) is 11.2. The van der Waals surface area contributed by atoms with Crippen LogP contribution >= 0.6 is 0 Å². The summed E-state index contributed by atoms with van der Waals surface area (Å²) in [7, 11) is 0. The first-order valence-electron chi connectivity index (χ1n) is 6.27. The third-order valence-electron chi connectivity index (χ3n) is 3.11. The Balaban J connectivity index is 1.42. The van der Waals surface area contributed by atoms with Crippen LogP contribution in [0.2, 0.25) is 0 Å². The van der Waals surface area contributed by atoms with Gasteiger partial charge in [-0.1, -0.05) is 5.16 Å². The number of rotatable bonds is 6. The Morgan fingerprint density at radius 1 is 1.41 bits per heavy atom. The molecule has 1 unspecified atom stereocenters. The van der Waals surface area contributed by atoms with E-state index in [1.54, 1.807) is 0 Å². The van der Waals surface area contributed by atoms with Gasteiger partial charge in [-0.2, -0.15) is 0 Å². The van der Waals surface area contributed by atoms with Gasteiger partial charge in [0.1, 0.15) is 6.61 Å². The zero-order valence-electron chi connectivity index (χ0n) is 9.85. The van der Waals surface area contributed by atoms with Gasteiger partial charge in [-0.3, -0.25) is 0 Å². The Morgan fingerprint density at radius 2 is 2.35 bits per heavy atom. The van der Waals surface area contributed by atoms with E-state index in [9.17, 15) is 0 Å². The number of hydrogen-bond acceptors (Lipinski definition) is 5. The fraction of sp³-hybridized carbons (Fsp3) is 0.750. The molecule has 1 saturated heterocycles. The number of nitrogens with zero attached hydrogens (tertiary/aromatic N) is 1. The Labute approximate surface area is 100 Å². The Kier molecular flexibility index (Phi) is 3.40. The molecule has 94 valence electrons. The Bertz CT molecular complexity index is 356. The maximum atomic E-state index is 5.66. The van der Waals surface area contributed by atoms with E-state index >= 15 is 0 Å². The summed E-state index contributed by atoms with van der Waals surface area (Å²) >= 11 is 0. The van der Waals surface area contributed by atoms with E-state index in [-0.39, 0.29) is 6.10 Å². The summed E-state index contributed by atoms with van der Waals surface area (Å²) in [6.07, 6.45) is 3.77. The molecule has 1 atom stereocenters. The molecule has 1 aromatic heterocycles. The van der Waals surface area contributed by atoms with Crippen molar-refractivity contribution < 1.29 is 14.0 Å². The molecule has 1 aliphatic heterocycles. The lowest BCUT2D eigenvalue weighted by molar-refractivity contribution is 0.0212. The lowest BCUT2D eigenvalue weighted by Gasteiger charge is -2.06. The number of hydrogen-bond donors (Lipinski definition) is 1. The van der Waals surface area contributed by atoms with Crippen LogP contribution in [0.15, 0.2) is 10.6 Å². The highest BCUT2D eigenvalue weighted by Crippen LogP contribution is 2.19. The van der Waals surface area contributed by atoms with Gasteiger partial charge < -0.3 is 19.3 Å². The number of ether oxygens (including phenoxy) is 2. The first-order chi connectivity index (χ1) is 8.40. The van der Waals surface area contributed by atoms with Crippen molar-refractivity contribution in [3.8, 4) is 0 Å². The van der Waals surface area contributed by atoms with Crippen molar-refractivity contribution in [2.75, 3.05) is 13.2 Å². The van der Waals surface area contributed by atoms with Crippen molar-refractivity contribution in [3.05, 3.63) is 17.5 Å². The molecular weight excluding hydrogens is 220 g/mol. The van der Waals surface area contributed by atoms with Crippen molar-refractivity contribution in [1.82, 2.24) is 10.5 Å². The van der Waals surface area contributed by atoms with Gasteiger partial charge in [-0.25, -0.2) is 0 Å². The summed E-state index contributed by atoms with van der Waals surface area (Å²) in [4.78, 5) is 0. The first-order valence-corrected chi connectivity index (χ1v) is 6.27. The molecule has 17 heavy (non-hydrogen) atoms. The van der Waals surface area contributed by atoms with Crippen LogP contribution in [0, 0.1) is 0 Å². The van der Waals surface area contributed by atoms with Crippen molar-refractivity contribution >= 4 is 0 Å². The molecule has 0 aromatic carbocycles. The molecule has 1 saturated carbocycles. The Hall–Kier alpha value is -0.910. The van der Waals surface area contributed by atoms with Crippen LogP contribution in [0.4, 0.5) is 0 Å². The standard InChI is InChI=1S/C12H18N2O3/c1-2-9(1)13-6-10-5-12(17-14-10)8-16-11-3-4-15-7-11/h5,9,11,13H,1-4,6-8H2. The molecule has 2 aliphatic rings. The normalized spacial score (nSPS) is 24.4. The third-order valence-corrected chi connectivity index (χ3v) is 3.11. The summed E-state index contributed by atoms with van der Waals surface area (Å²) in [6, 6.07) is 2.66. The topological polar surface area (TPSA) is 56.5 Å². The highest BCUT2D eigenvalue weighted by Gasteiger charge is 2.21. The van der Waals surface area contributed by atoms with Gasteiger partial charge in [-0.05, 0) is 19.3 Å². The van der Waals surface area contributed by atoms with Crippen LogP contribution < -0.4 is 5.32 Å². The molecule has 0 bridgehead atoms. The van der Waals surface area contributed by atoms with Crippen LogP contribution in [0.1, 0.15) is 30.7 Å². The van der Waals surface area contributed by atoms with Crippen LogP contribution in [-0.4, -0.2) is 30.5 Å². The van der Waals surface area contributed by atoms with Crippen molar-refractivity contribution in [3.63, 3.8) is 0 Å². The molecule has 5 nitrogen and oxygen atoms in total. The van der Waals surface area contributed by atoms with Crippen LogP contribution in [-0.2, 0) is 22.6 Å². The zero-order valence-corrected chi connectivity index (χ0v) is 9.85. The van der Waals surface area contributed by atoms with Crippen molar-refractivity contribution in [2.45, 2.75) is 44.6 Å². The van der Waals surface area contributed by atoms with Crippen LogP contribution in [0.5, 0.6) is 0 Å². The summed E-state index contributed by atoms with van der Waals surface area (Å²) in [5.41, 5.74) is 0.957. The highest BCUT2D eigenvalue weighted by molar-refractivity contribution is 5.05. The van der Waals surface area contributed by atoms with Gasteiger partial charge >= 0.3 is 0 Å². The molecule has 1 N–H and O–H groups in total. The Morgan fingerprint density at radius 3 is 3.12 bits per heavy atom. The maximum absolute atomic E-state index is 5.66. The second kappa shape index (κ2) is 5.16. The molecule has 1 aromatic rings. The van der Waals surface area contributed by atoms with E-state index < -0.39 is 0 Å². The van der Waals surface area contributed by atoms with E-state index in [0.717, 1.165) is 31.0 Å². The summed E-state index contributed by atoms with van der Waals surface area (Å²) < 4.78 is 16.1. The van der Waals surface area contributed by atoms with Gasteiger partial charge in [0.15, 0.2) is 5.76 Å². The van der Waals surface area contributed by atoms with Gasteiger partial charge in [0, 0.05) is 25.3 Å². The number of aromatic nitrogens is 1. The van der Waals surface area contributed by atoms with Gasteiger partial charge in [-0.15, -0.1) is 0 Å². The molecule has 0 spiro atoms. The predicted octanol–water partition coefficient (Wildman–Crippen LogP) is 1.23. The quantitative estimate of drug-likeness (QED) is 0.808. The van der Waals surface area contributed by atoms with Crippen LogP contribution in [0.25, 0.3) is 0 Å². The van der Waals surface area contributed by atoms with Crippen molar-refractivity contribution in [2.24, 2.45) is 0 Å². The summed E-state index contributed by atoms with van der Waals surface area (Å²) in [5.74, 6) is 0.796. The van der Waals surface area contributed by atoms with E-state index in [1.165, 1.54) is 12.8 Å². The molecular formula is C12H18N2O3. The molecule has 5 heteroatoms. The monoisotopic (exact) mass is 238 g/mol. The van der Waals surface area contributed by atoms with E-state index in [0.29, 0.717) is 19.3 Å². The zero-order chi connectivity index (χ0) is 11.5. The average molecular weight is 238 g/mol. The van der Waals surface area contributed by atoms with Crippen molar-refractivity contribution in [1.29, 1.82) is 0 Å². The van der Waals surface area contributed by atoms with E-state index in [1.807, 2.05) is 6.07 Å². The lowest BCUT2D eigenvalue weighted by Crippen LogP contribution is -2.15. The second-order valence-electron chi connectivity index (χ2n) is 4.74. The van der Waals surface area contributed by atoms with Gasteiger partial charge in [0.2, 0.25) is 0 Å². The summed E-state index contributed by atoms with van der Waals surface area (Å²) in [5, 5.41) is 7.41. The lowest BCUT2D eigenvalue weighted by atomic mass is 10.3. The molecule has 3 rings (SSSR count). The van der Waals surface area contributed by atoms with Gasteiger partial charge in [0.25, 0.3) is 0 Å². The average Bonchev–Trinajstić information content (AvgIpc) is 2.86. The van der Waals surface area contributed by atoms with E-state index in [2.05, 4.69) is 10.5 Å². The van der Waals surface area contributed by atoms with Crippen LogP contribution in [0.3, 0.4) is 0 Å². The molecule has 0 amide bonds. The fourth-order valence-corrected chi connectivity index (χ4v) is 1.89. The predicted molar refractivity (Wildman–Crippen MR) is 60.4 cm³/mol. The highest BCUT2D eigenvalue weighted by atomic mass is 16.6. The van der Waals surface area contributed by atoms with E-state index in [4.69, 9.17) is 14.0 Å². The van der Waals surface area contributed by atoms with Gasteiger partial charge in [0.05, 0.1) is 18.4 Å². The smallest absolute Gasteiger partial charge is 0.162 e. The largest absolute Gasteiger partial charge is 0.379 e. The SMILES string of the molecule is c1c(CNC2CC2)noc1COC1CCOC1. The molecule has 2 fully saturated rings. The second-order valence-corrected chi connectivity index (χ2v) is 4.74. The fourth-order valence-electron chi connectivity index (χ4n) is 1.89. The maximum Gasteiger partial charge on any atom is 0.162 e. The summed E-state index contributed by atoms with van der Waals surface area (Å²) in [6.45, 7) is 2.78. The number of nitrogens with one attached hydrogen (secondary N) is 1. The minimum absolute atomic E-state index is 0.216. The third kappa shape index (κ3) is 3.28. The molecule has 0 radical (unpaired) electrons.